The van der Waals surface area contributed by atoms with Crippen molar-refractivity contribution in [3.05, 3.63) is 17.8 Å². The molecule has 0 atom stereocenters. The van der Waals surface area contributed by atoms with E-state index in [4.69, 9.17) is 0 Å². The summed E-state index contributed by atoms with van der Waals surface area (Å²) < 4.78 is 0. The summed E-state index contributed by atoms with van der Waals surface area (Å²) >= 11 is 0. The summed E-state index contributed by atoms with van der Waals surface area (Å²) in [6.07, 6.45) is 2.35. The molecule has 0 bridgehead atoms. The highest BCUT2D eigenvalue weighted by Crippen LogP contribution is 2.22. The van der Waals surface area contributed by atoms with Crippen LogP contribution in [0.15, 0.2) is 12.1 Å². The molecule has 0 aromatic carbocycles. The topological polar surface area (TPSA) is 49.8 Å². The highest BCUT2D eigenvalue weighted by molar-refractivity contribution is 5.32. The number of hydrogen-bond acceptors (Lipinski definition) is 4. The van der Waals surface area contributed by atoms with E-state index in [1.54, 1.807) is 0 Å². The average Bonchev–Trinajstić information content (AvgIpc) is 2.30. The molecule has 4 nitrogen and oxygen atoms in total. The van der Waals surface area contributed by atoms with E-state index in [-0.39, 0.29) is 0 Å². The van der Waals surface area contributed by atoms with Gasteiger partial charge in [0, 0.05) is 13.0 Å². The van der Waals surface area contributed by atoms with Gasteiger partial charge >= 0.3 is 0 Å². The lowest BCUT2D eigenvalue weighted by atomic mass is 9.94. The molecule has 1 aromatic heterocycles. The van der Waals surface area contributed by atoms with Gasteiger partial charge in [0.25, 0.3) is 0 Å². The molecule has 76 valence electrons. The van der Waals surface area contributed by atoms with Gasteiger partial charge in [-0.3, -0.25) is 0 Å². The summed E-state index contributed by atoms with van der Waals surface area (Å²) in [5.74, 6) is 1.43. The van der Waals surface area contributed by atoms with Crippen LogP contribution >= 0.6 is 0 Å². The van der Waals surface area contributed by atoms with Gasteiger partial charge in [0.1, 0.15) is 5.82 Å². The minimum atomic E-state index is 0.592. The molecule has 1 fully saturated rings. The fraction of sp³-hybridized carbons (Fsp3) is 0.600. The van der Waals surface area contributed by atoms with Gasteiger partial charge in [-0.05, 0) is 38.1 Å². The normalized spacial score (nSPS) is 18.1. The number of rotatable bonds is 2. The third-order valence-corrected chi connectivity index (χ3v) is 2.70. The van der Waals surface area contributed by atoms with Crippen LogP contribution in [0.3, 0.4) is 0 Å². The fourth-order valence-electron chi connectivity index (χ4n) is 1.81. The molecule has 0 unspecified atom stereocenters. The van der Waals surface area contributed by atoms with Crippen LogP contribution in [0.1, 0.15) is 24.5 Å². The first-order chi connectivity index (χ1) is 6.90. The van der Waals surface area contributed by atoms with Crippen LogP contribution in [0.2, 0.25) is 0 Å². The van der Waals surface area contributed by atoms with Gasteiger partial charge in [0.15, 0.2) is 0 Å². The molecule has 2 N–H and O–H groups in total. The largest absolute Gasteiger partial charge is 0.372 e. The average molecular weight is 192 g/mol. The van der Waals surface area contributed by atoms with Gasteiger partial charge in [0.2, 0.25) is 0 Å². The number of nitrogens with zero attached hydrogens (tertiary/aromatic N) is 2. The SMILES string of the molecule is CNc1ccc(C2CCNCC2)nn1. The Morgan fingerprint density at radius 3 is 2.64 bits per heavy atom. The standard InChI is InChI=1S/C10H16N4/c1-11-10-3-2-9(13-14-10)8-4-6-12-7-5-8/h2-3,8,12H,4-7H2,1H3,(H,11,14). The number of piperidine rings is 1. The number of anilines is 1. The van der Waals surface area contributed by atoms with Crippen LogP contribution in [0.5, 0.6) is 0 Å². The predicted molar refractivity (Wildman–Crippen MR) is 56.4 cm³/mol. The van der Waals surface area contributed by atoms with Gasteiger partial charge in [-0.25, -0.2) is 0 Å². The smallest absolute Gasteiger partial charge is 0.148 e. The van der Waals surface area contributed by atoms with Gasteiger partial charge in [0.05, 0.1) is 5.69 Å². The fourth-order valence-corrected chi connectivity index (χ4v) is 1.81. The third-order valence-electron chi connectivity index (χ3n) is 2.70. The Bertz CT molecular complexity index is 277. The molecule has 0 radical (unpaired) electrons. The minimum absolute atomic E-state index is 0.592. The Kier molecular flexibility index (Phi) is 2.93. The van der Waals surface area contributed by atoms with Crippen LogP contribution in [0, 0.1) is 0 Å². The zero-order chi connectivity index (χ0) is 9.80. The molecule has 1 aliphatic rings. The lowest BCUT2D eigenvalue weighted by Crippen LogP contribution is -2.27. The molecule has 0 amide bonds. The van der Waals surface area contributed by atoms with E-state index in [9.17, 15) is 0 Å². The van der Waals surface area contributed by atoms with Gasteiger partial charge in [-0.1, -0.05) is 0 Å². The zero-order valence-corrected chi connectivity index (χ0v) is 8.45. The second-order valence-corrected chi connectivity index (χ2v) is 3.62. The Labute approximate surface area is 84.1 Å². The van der Waals surface area contributed by atoms with Crippen molar-refractivity contribution >= 4 is 5.82 Å². The molecule has 2 heterocycles. The summed E-state index contributed by atoms with van der Waals surface area (Å²) in [6, 6.07) is 4.07. The molecule has 0 spiro atoms. The van der Waals surface area contributed by atoms with Crippen molar-refractivity contribution < 1.29 is 0 Å². The Balaban J connectivity index is 2.07. The first kappa shape index (κ1) is 9.40. The molecule has 0 aliphatic carbocycles. The second kappa shape index (κ2) is 4.37. The van der Waals surface area contributed by atoms with Crippen molar-refractivity contribution in [2.24, 2.45) is 0 Å². The van der Waals surface area contributed by atoms with Crippen molar-refractivity contribution in [2.45, 2.75) is 18.8 Å². The van der Waals surface area contributed by atoms with Crippen LogP contribution in [-0.2, 0) is 0 Å². The van der Waals surface area contributed by atoms with Gasteiger partial charge < -0.3 is 10.6 Å². The molecule has 0 saturated carbocycles. The Morgan fingerprint density at radius 2 is 2.07 bits per heavy atom. The summed E-state index contributed by atoms with van der Waals surface area (Å²) in [7, 11) is 1.86. The van der Waals surface area contributed by atoms with Crippen LogP contribution in [0.4, 0.5) is 5.82 Å². The predicted octanol–water partition coefficient (Wildman–Crippen LogP) is 0.985. The van der Waals surface area contributed by atoms with Crippen molar-refractivity contribution in [3.8, 4) is 0 Å². The maximum absolute atomic E-state index is 4.23. The van der Waals surface area contributed by atoms with E-state index in [1.165, 1.54) is 12.8 Å². The molecule has 4 heteroatoms. The van der Waals surface area contributed by atoms with E-state index >= 15 is 0 Å². The first-order valence-corrected chi connectivity index (χ1v) is 5.12. The summed E-state index contributed by atoms with van der Waals surface area (Å²) in [4.78, 5) is 0. The summed E-state index contributed by atoms with van der Waals surface area (Å²) in [5, 5.41) is 14.6. The Hall–Kier alpha value is -1.16. The molecule has 1 aliphatic heterocycles. The monoisotopic (exact) mass is 192 g/mol. The van der Waals surface area contributed by atoms with Crippen molar-refractivity contribution in [3.63, 3.8) is 0 Å². The first-order valence-electron chi connectivity index (χ1n) is 5.12. The van der Waals surface area contributed by atoms with E-state index in [0.717, 1.165) is 24.6 Å². The zero-order valence-electron chi connectivity index (χ0n) is 8.45. The van der Waals surface area contributed by atoms with Crippen molar-refractivity contribution in [1.82, 2.24) is 15.5 Å². The van der Waals surface area contributed by atoms with Crippen molar-refractivity contribution in [1.29, 1.82) is 0 Å². The lowest BCUT2D eigenvalue weighted by molar-refractivity contribution is 0.450. The molecule has 1 saturated heterocycles. The summed E-state index contributed by atoms with van der Waals surface area (Å²) in [5.41, 5.74) is 1.13. The van der Waals surface area contributed by atoms with Crippen molar-refractivity contribution in [2.75, 3.05) is 25.5 Å². The number of hydrogen-bond donors (Lipinski definition) is 2. The lowest BCUT2D eigenvalue weighted by Gasteiger charge is -2.21. The maximum atomic E-state index is 4.23. The Morgan fingerprint density at radius 1 is 1.29 bits per heavy atom. The van der Waals surface area contributed by atoms with E-state index in [0.29, 0.717) is 5.92 Å². The van der Waals surface area contributed by atoms with Crippen LogP contribution < -0.4 is 10.6 Å². The molecule has 2 rings (SSSR count). The quantitative estimate of drug-likeness (QED) is 0.733. The highest BCUT2D eigenvalue weighted by Gasteiger charge is 2.16. The maximum Gasteiger partial charge on any atom is 0.148 e. The number of aromatic nitrogens is 2. The van der Waals surface area contributed by atoms with Gasteiger partial charge in [-0.15, -0.1) is 5.10 Å². The van der Waals surface area contributed by atoms with E-state index < -0.39 is 0 Å². The van der Waals surface area contributed by atoms with Crippen LogP contribution in [0.25, 0.3) is 0 Å². The van der Waals surface area contributed by atoms with Gasteiger partial charge in [-0.2, -0.15) is 5.10 Å². The van der Waals surface area contributed by atoms with Crippen LogP contribution in [-0.4, -0.2) is 30.3 Å². The molecular formula is C10H16N4. The molecule has 1 aromatic rings. The minimum Gasteiger partial charge on any atom is -0.372 e. The third kappa shape index (κ3) is 2.01. The highest BCUT2D eigenvalue weighted by atomic mass is 15.2. The van der Waals surface area contributed by atoms with E-state index in [2.05, 4.69) is 26.9 Å². The molecule has 14 heavy (non-hydrogen) atoms. The number of nitrogens with one attached hydrogen (secondary N) is 2. The molecular weight excluding hydrogens is 176 g/mol. The van der Waals surface area contributed by atoms with E-state index in [1.807, 2.05) is 13.1 Å². The summed E-state index contributed by atoms with van der Waals surface area (Å²) in [6.45, 7) is 2.19. The second-order valence-electron chi connectivity index (χ2n) is 3.62.